The van der Waals surface area contributed by atoms with Crippen LogP contribution in [-0.2, 0) is 6.61 Å². The van der Waals surface area contributed by atoms with Crippen molar-refractivity contribution >= 4 is 5.91 Å². The second-order valence-corrected chi connectivity index (χ2v) is 7.23. The van der Waals surface area contributed by atoms with Crippen molar-refractivity contribution in [2.75, 3.05) is 14.1 Å². The third kappa shape index (κ3) is 4.19. The number of carbonyl (C=O) groups is 1. The third-order valence-electron chi connectivity index (χ3n) is 4.80. The van der Waals surface area contributed by atoms with Crippen molar-refractivity contribution in [2.24, 2.45) is 0 Å². The Kier molecular flexibility index (Phi) is 5.55. The Morgan fingerprint density at radius 1 is 1.00 bits per heavy atom. The molecule has 0 fully saturated rings. The summed E-state index contributed by atoms with van der Waals surface area (Å²) in [4.78, 5) is 22.7. The van der Waals surface area contributed by atoms with Crippen LogP contribution in [0.25, 0.3) is 34.3 Å². The Balaban J connectivity index is 0.00000193. The topological polar surface area (TPSA) is 105 Å². The van der Waals surface area contributed by atoms with E-state index in [1.807, 2.05) is 31.2 Å². The summed E-state index contributed by atoms with van der Waals surface area (Å²) in [6.07, 6.45) is 1.67. The molecule has 0 atom stereocenters. The highest BCUT2D eigenvalue weighted by Gasteiger charge is 2.16. The number of carbonyl (C=O) groups excluding carboxylic acids is 1. The minimum atomic E-state index is -0.0624. The first-order valence-electron chi connectivity index (χ1n) is 9.66. The van der Waals surface area contributed by atoms with Crippen molar-refractivity contribution < 1.29 is 17.2 Å². The lowest BCUT2D eigenvalue weighted by Crippen LogP contribution is -2.21. The second-order valence-electron chi connectivity index (χ2n) is 7.23. The summed E-state index contributed by atoms with van der Waals surface area (Å²) < 4.78 is 5.84. The molecule has 0 aliphatic heterocycles. The van der Waals surface area contributed by atoms with Crippen molar-refractivity contribution in [3.8, 4) is 34.3 Å². The van der Waals surface area contributed by atoms with Gasteiger partial charge in [0.15, 0.2) is 0 Å². The van der Waals surface area contributed by atoms with Crippen LogP contribution in [0.4, 0.5) is 0 Å². The second kappa shape index (κ2) is 8.45. The minimum Gasteiger partial charge on any atom is -0.415 e. The summed E-state index contributed by atoms with van der Waals surface area (Å²) in [7, 11) is 3.43. The quantitative estimate of drug-likeness (QED) is 0.524. The largest absolute Gasteiger partial charge is 0.415 e. The molecule has 1 N–H and O–H groups in total. The molecule has 4 rings (SSSR count). The lowest BCUT2D eigenvalue weighted by atomic mass is 10.1. The van der Waals surface area contributed by atoms with E-state index in [0.29, 0.717) is 28.5 Å². The number of aryl methyl sites for hydroxylation is 1. The van der Waals surface area contributed by atoms with E-state index in [4.69, 9.17) is 4.42 Å². The fourth-order valence-corrected chi connectivity index (χ4v) is 3.02. The SMILES string of the molecule is Cc1ncc(-c2ccc(C(=O)N(C)C)cc2)nc1-c1nnc(-c2ccc(CO)cc2)o1.[HH].[HH]. The van der Waals surface area contributed by atoms with Gasteiger partial charge in [-0.25, -0.2) is 4.98 Å². The maximum atomic E-state index is 12.1. The van der Waals surface area contributed by atoms with E-state index in [0.717, 1.165) is 16.7 Å². The molecule has 0 saturated carbocycles. The first kappa shape index (κ1) is 20.4. The van der Waals surface area contributed by atoms with Gasteiger partial charge in [0.1, 0.15) is 5.69 Å². The first-order valence-corrected chi connectivity index (χ1v) is 9.66. The summed E-state index contributed by atoms with van der Waals surface area (Å²) in [5.41, 5.74) is 4.77. The fraction of sp³-hybridized carbons (Fsp3) is 0.174. The van der Waals surface area contributed by atoms with Crippen LogP contribution in [0.5, 0.6) is 0 Å². The van der Waals surface area contributed by atoms with E-state index in [1.54, 1.807) is 44.6 Å². The number of rotatable bonds is 5. The highest BCUT2D eigenvalue weighted by molar-refractivity contribution is 5.94. The van der Waals surface area contributed by atoms with Crippen LogP contribution < -0.4 is 0 Å². The van der Waals surface area contributed by atoms with Gasteiger partial charge in [0, 0.05) is 33.6 Å². The van der Waals surface area contributed by atoms with Crippen molar-refractivity contribution in [3.63, 3.8) is 0 Å². The van der Waals surface area contributed by atoms with E-state index in [-0.39, 0.29) is 21.3 Å². The van der Waals surface area contributed by atoms with Crippen LogP contribution >= 0.6 is 0 Å². The third-order valence-corrected chi connectivity index (χ3v) is 4.80. The lowest BCUT2D eigenvalue weighted by Gasteiger charge is -2.10. The molecule has 0 bridgehead atoms. The first-order chi connectivity index (χ1) is 15.0. The molecule has 0 radical (unpaired) electrons. The van der Waals surface area contributed by atoms with Crippen LogP contribution in [0.3, 0.4) is 0 Å². The van der Waals surface area contributed by atoms with Gasteiger partial charge in [-0.15, -0.1) is 10.2 Å². The Labute approximate surface area is 182 Å². The molecule has 2 aromatic carbocycles. The monoisotopic (exact) mass is 419 g/mol. The number of hydrogen-bond donors (Lipinski definition) is 1. The number of aliphatic hydroxyl groups excluding tert-OH is 1. The number of nitrogens with zero attached hydrogens (tertiary/aromatic N) is 5. The summed E-state index contributed by atoms with van der Waals surface area (Å²) >= 11 is 0. The predicted octanol–water partition coefficient (Wildman–Crippen LogP) is 3.86. The molecule has 1 amide bonds. The van der Waals surface area contributed by atoms with Gasteiger partial charge in [-0.05, 0) is 36.8 Å². The van der Waals surface area contributed by atoms with Gasteiger partial charge < -0.3 is 14.4 Å². The number of hydrogen-bond acceptors (Lipinski definition) is 7. The predicted molar refractivity (Wildman–Crippen MR) is 119 cm³/mol. The van der Waals surface area contributed by atoms with Crippen LogP contribution in [0.2, 0.25) is 0 Å². The summed E-state index contributed by atoms with van der Waals surface area (Å²) in [6, 6.07) is 14.4. The molecular weight excluding hydrogens is 394 g/mol. The van der Waals surface area contributed by atoms with Crippen molar-refractivity contribution in [3.05, 3.63) is 71.5 Å². The standard InChI is InChI=1S/C23H21N5O3.2H2/c1-14-20(22-27-26-21(31-22)17-6-4-15(13-29)5-7-17)25-19(12-24-14)16-8-10-18(11-9-16)23(30)28(2)3;;/h4-12,29H,13H2,1-3H3;2*1H. The van der Waals surface area contributed by atoms with Crippen LogP contribution in [0.15, 0.2) is 59.1 Å². The van der Waals surface area contributed by atoms with Gasteiger partial charge in [-0.3, -0.25) is 9.78 Å². The normalized spacial score (nSPS) is 10.8. The van der Waals surface area contributed by atoms with Crippen LogP contribution in [0, 0.1) is 6.92 Å². The highest BCUT2D eigenvalue weighted by atomic mass is 16.4. The molecule has 8 heteroatoms. The molecule has 8 nitrogen and oxygen atoms in total. The van der Waals surface area contributed by atoms with Crippen molar-refractivity contribution in [1.82, 2.24) is 25.1 Å². The number of aliphatic hydroxyl groups is 1. The molecular formula is C23H25N5O3. The van der Waals surface area contributed by atoms with Gasteiger partial charge in [-0.2, -0.15) is 0 Å². The van der Waals surface area contributed by atoms with Crippen molar-refractivity contribution in [1.29, 1.82) is 0 Å². The van der Waals surface area contributed by atoms with E-state index in [9.17, 15) is 9.90 Å². The molecule has 2 heterocycles. The highest BCUT2D eigenvalue weighted by Crippen LogP contribution is 2.27. The van der Waals surface area contributed by atoms with Gasteiger partial charge in [0.2, 0.25) is 5.89 Å². The molecule has 4 aromatic rings. The fourth-order valence-electron chi connectivity index (χ4n) is 3.02. The van der Waals surface area contributed by atoms with Gasteiger partial charge in [0.05, 0.1) is 24.2 Å². The minimum absolute atomic E-state index is 0. The molecule has 0 unspecified atom stereocenters. The zero-order chi connectivity index (χ0) is 22.0. The van der Waals surface area contributed by atoms with E-state index in [1.165, 1.54) is 4.90 Å². The zero-order valence-corrected chi connectivity index (χ0v) is 17.4. The molecule has 0 aliphatic carbocycles. The Bertz CT molecular complexity index is 1230. The van der Waals surface area contributed by atoms with Crippen molar-refractivity contribution in [2.45, 2.75) is 13.5 Å². The van der Waals surface area contributed by atoms with Gasteiger partial charge >= 0.3 is 0 Å². The average Bonchev–Trinajstić information content (AvgIpc) is 3.29. The molecule has 0 aliphatic rings. The molecule has 2 aromatic heterocycles. The molecule has 31 heavy (non-hydrogen) atoms. The molecule has 0 saturated heterocycles. The lowest BCUT2D eigenvalue weighted by molar-refractivity contribution is 0.0827. The molecule has 0 spiro atoms. The number of aromatic nitrogens is 4. The van der Waals surface area contributed by atoms with E-state index < -0.39 is 0 Å². The maximum Gasteiger partial charge on any atom is 0.268 e. The van der Waals surface area contributed by atoms with Crippen LogP contribution in [0.1, 0.15) is 24.5 Å². The maximum absolute atomic E-state index is 12.1. The summed E-state index contributed by atoms with van der Waals surface area (Å²) in [5.74, 6) is 0.567. The van der Waals surface area contributed by atoms with Gasteiger partial charge in [0.25, 0.3) is 11.8 Å². The Morgan fingerprint density at radius 3 is 2.29 bits per heavy atom. The zero-order valence-electron chi connectivity index (χ0n) is 17.4. The Hall–Kier alpha value is -3.91. The van der Waals surface area contributed by atoms with E-state index in [2.05, 4.69) is 20.2 Å². The number of benzene rings is 2. The number of amides is 1. The summed E-state index contributed by atoms with van der Waals surface area (Å²) in [6.45, 7) is 1.80. The summed E-state index contributed by atoms with van der Waals surface area (Å²) in [5, 5.41) is 17.4. The van der Waals surface area contributed by atoms with Crippen LogP contribution in [-0.4, -0.2) is 50.2 Å². The molecule has 160 valence electrons. The van der Waals surface area contributed by atoms with E-state index >= 15 is 0 Å². The smallest absolute Gasteiger partial charge is 0.268 e. The van der Waals surface area contributed by atoms with Gasteiger partial charge in [-0.1, -0.05) is 24.3 Å². The average molecular weight is 419 g/mol. The Morgan fingerprint density at radius 2 is 1.65 bits per heavy atom.